The molecule has 0 spiro atoms. The maximum atomic E-state index is 12.8. The van der Waals surface area contributed by atoms with Gasteiger partial charge in [-0.3, -0.25) is 9.59 Å². The van der Waals surface area contributed by atoms with E-state index in [9.17, 15) is 9.59 Å². The number of hydrogen-bond acceptors (Lipinski definition) is 3. The molecule has 0 atom stereocenters. The van der Waals surface area contributed by atoms with Crippen molar-refractivity contribution in [1.82, 2.24) is 15.1 Å². The van der Waals surface area contributed by atoms with Crippen molar-refractivity contribution in [2.45, 2.75) is 33.1 Å². The Labute approximate surface area is 165 Å². The van der Waals surface area contributed by atoms with Gasteiger partial charge in [-0.1, -0.05) is 62.4 Å². The maximum absolute atomic E-state index is 12.8. The Kier molecular flexibility index (Phi) is 5.45. The number of nitrogens with one attached hydrogen (secondary N) is 1. The van der Waals surface area contributed by atoms with Crippen molar-refractivity contribution in [2.24, 2.45) is 0 Å². The number of aryl methyl sites for hydroxylation is 1. The van der Waals surface area contributed by atoms with Gasteiger partial charge in [-0.15, -0.1) is 0 Å². The summed E-state index contributed by atoms with van der Waals surface area (Å²) in [5.41, 5.74) is 3.24. The van der Waals surface area contributed by atoms with Gasteiger partial charge >= 0.3 is 0 Å². The Hall–Kier alpha value is -3.21. The van der Waals surface area contributed by atoms with E-state index in [4.69, 9.17) is 0 Å². The second-order valence-electron chi connectivity index (χ2n) is 7.55. The summed E-state index contributed by atoms with van der Waals surface area (Å²) in [4.78, 5) is 25.4. The van der Waals surface area contributed by atoms with Crippen LogP contribution in [0.1, 0.15) is 41.2 Å². The second kappa shape index (κ2) is 7.80. The van der Waals surface area contributed by atoms with Crippen LogP contribution in [0.3, 0.4) is 0 Å². The second-order valence-corrected chi connectivity index (χ2v) is 7.55. The number of carbonyl (C=O) groups excluding carboxylic acids is 2. The number of amides is 1. The molecule has 28 heavy (non-hydrogen) atoms. The van der Waals surface area contributed by atoms with E-state index >= 15 is 0 Å². The molecule has 0 bridgehead atoms. The minimum atomic E-state index is -0.609. The van der Waals surface area contributed by atoms with E-state index in [1.54, 1.807) is 18.5 Å². The minimum absolute atomic E-state index is 0.282. The van der Waals surface area contributed by atoms with Gasteiger partial charge in [0.2, 0.25) is 0 Å². The lowest BCUT2D eigenvalue weighted by Crippen LogP contribution is -2.40. The summed E-state index contributed by atoms with van der Waals surface area (Å²) in [6.07, 6.45) is 0. The summed E-state index contributed by atoms with van der Waals surface area (Å²) in [5, 5.41) is 7.25. The SMILES string of the molecule is Cc1nn(-c2ccccc2)c(C)c1C(=O)C(=O)NCC(C)(C)c1ccccc1. The molecule has 5 nitrogen and oxygen atoms in total. The predicted molar refractivity (Wildman–Crippen MR) is 110 cm³/mol. The van der Waals surface area contributed by atoms with Gasteiger partial charge in [-0.2, -0.15) is 5.10 Å². The Bertz CT molecular complexity index is 989. The van der Waals surface area contributed by atoms with Crippen LogP contribution in [0.15, 0.2) is 60.7 Å². The molecular formula is C23H25N3O2. The molecule has 0 fully saturated rings. The first-order valence-corrected chi connectivity index (χ1v) is 9.31. The van der Waals surface area contributed by atoms with Crippen LogP contribution < -0.4 is 5.32 Å². The van der Waals surface area contributed by atoms with Crippen LogP contribution in [-0.4, -0.2) is 28.0 Å². The van der Waals surface area contributed by atoms with Gasteiger partial charge in [0.1, 0.15) is 0 Å². The first kappa shape index (κ1) is 19.5. The van der Waals surface area contributed by atoms with Crippen LogP contribution in [0.25, 0.3) is 5.69 Å². The van der Waals surface area contributed by atoms with Gasteiger partial charge in [0.15, 0.2) is 0 Å². The molecule has 0 aliphatic heterocycles. The first-order chi connectivity index (χ1) is 13.3. The normalized spacial score (nSPS) is 11.3. The summed E-state index contributed by atoms with van der Waals surface area (Å²) in [5.74, 6) is -1.16. The molecular weight excluding hydrogens is 350 g/mol. The highest BCUT2D eigenvalue weighted by molar-refractivity contribution is 6.43. The Morgan fingerprint density at radius 2 is 1.54 bits per heavy atom. The van der Waals surface area contributed by atoms with Crippen LogP contribution in [0.2, 0.25) is 0 Å². The molecule has 1 N–H and O–H groups in total. The third-order valence-corrected chi connectivity index (χ3v) is 4.97. The van der Waals surface area contributed by atoms with Crippen molar-refractivity contribution < 1.29 is 9.59 Å². The molecule has 0 saturated carbocycles. The zero-order valence-corrected chi connectivity index (χ0v) is 16.7. The fraction of sp³-hybridized carbons (Fsp3) is 0.261. The van der Waals surface area contributed by atoms with E-state index in [2.05, 4.69) is 10.4 Å². The highest BCUT2D eigenvalue weighted by Gasteiger charge is 2.27. The number of aromatic nitrogens is 2. The molecule has 0 aliphatic carbocycles. The molecule has 2 aromatic carbocycles. The topological polar surface area (TPSA) is 64.0 Å². The highest BCUT2D eigenvalue weighted by Crippen LogP contribution is 2.22. The summed E-state index contributed by atoms with van der Waals surface area (Å²) >= 11 is 0. The Morgan fingerprint density at radius 3 is 2.14 bits per heavy atom. The smallest absolute Gasteiger partial charge is 0.292 e. The van der Waals surface area contributed by atoms with Gasteiger partial charge in [0, 0.05) is 12.0 Å². The van der Waals surface area contributed by atoms with E-state index in [1.807, 2.05) is 74.5 Å². The predicted octanol–water partition coefficient (Wildman–Crippen LogP) is 3.77. The molecule has 0 saturated heterocycles. The zero-order valence-electron chi connectivity index (χ0n) is 16.7. The molecule has 3 aromatic rings. The fourth-order valence-corrected chi connectivity index (χ4v) is 3.28. The molecule has 144 valence electrons. The van der Waals surface area contributed by atoms with E-state index in [0.717, 1.165) is 11.3 Å². The number of para-hydroxylation sites is 1. The average Bonchev–Trinajstić information content (AvgIpc) is 3.01. The lowest BCUT2D eigenvalue weighted by atomic mass is 9.84. The van der Waals surface area contributed by atoms with Gasteiger partial charge in [0.25, 0.3) is 11.7 Å². The van der Waals surface area contributed by atoms with Crippen LogP contribution in [0, 0.1) is 13.8 Å². The summed E-state index contributed by atoms with van der Waals surface area (Å²) in [6, 6.07) is 19.5. The largest absolute Gasteiger partial charge is 0.348 e. The number of carbonyl (C=O) groups is 2. The van der Waals surface area contributed by atoms with Crippen LogP contribution in [0.5, 0.6) is 0 Å². The van der Waals surface area contributed by atoms with Crippen LogP contribution >= 0.6 is 0 Å². The van der Waals surface area contributed by atoms with Crippen molar-refractivity contribution >= 4 is 11.7 Å². The van der Waals surface area contributed by atoms with E-state index in [-0.39, 0.29) is 5.41 Å². The fourth-order valence-electron chi connectivity index (χ4n) is 3.28. The molecule has 1 amide bonds. The monoisotopic (exact) mass is 375 g/mol. The molecule has 5 heteroatoms. The average molecular weight is 375 g/mol. The molecule has 3 rings (SSSR count). The van der Waals surface area contributed by atoms with Gasteiger partial charge in [-0.25, -0.2) is 4.68 Å². The number of benzene rings is 2. The standard InChI is InChI=1S/C23H25N3O2/c1-16-20(17(2)26(25-16)19-13-9-6-10-14-19)21(27)22(28)24-15-23(3,4)18-11-7-5-8-12-18/h5-14H,15H2,1-4H3,(H,24,28). The van der Waals surface area contributed by atoms with Crippen molar-refractivity contribution in [2.75, 3.05) is 6.54 Å². The highest BCUT2D eigenvalue weighted by atomic mass is 16.2. The van der Waals surface area contributed by atoms with Crippen molar-refractivity contribution in [3.63, 3.8) is 0 Å². The van der Waals surface area contributed by atoms with Crippen LogP contribution in [-0.2, 0) is 10.2 Å². The minimum Gasteiger partial charge on any atom is -0.348 e. The van der Waals surface area contributed by atoms with Gasteiger partial charge in [-0.05, 0) is 31.5 Å². The van der Waals surface area contributed by atoms with Crippen molar-refractivity contribution in [3.8, 4) is 5.69 Å². The van der Waals surface area contributed by atoms with Crippen LogP contribution in [0.4, 0.5) is 0 Å². The number of ketones is 1. The third-order valence-electron chi connectivity index (χ3n) is 4.97. The first-order valence-electron chi connectivity index (χ1n) is 9.31. The molecule has 0 radical (unpaired) electrons. The lowest BCUT2D eigenvalue weighted by Gasteiger charge is -2.25. The van der Waals surface area contributed by atoms with Gasteiger partial charge < -0.3 is 5.32 Å². The van der Waals surface area contributed by atoms with E-state index < -0.39 is 11.7 Å². The Balaban J connectivity index is 1.77. The Morgan fingerprint density at radius 1 is 0.964 bits per heavy atom. The third kappa shape index (κ3) is 3.88. The van der Waals surface area contributed by atoms with E-state index in [1.165, 1.54) is 0 Å². The lowest BCUT2D eigenvalue weighted by molar-refractivity contribution is -0.117. The zero-order chi connectivity index (χ0) is 20.3. The van der Waals surface area contributed by atoms with Crippen molar-refractivity contribution in [1.29, 1.82) is 0 Å². The number of nitrogens with zero attached hydrogens (tertiary/aromatic N) is 2. The molecule has 1 aromatic heterocycles. The summed E-state index contributed by atoms with van der Waals surface area (Å²) < 4.78 is 1.70. The summed E-state index contributed by atoms with van der Waals surface area (Å²) in [6.45, 7) is 8.00. The molecule has 1 heterocycles. The number of Topliss-reactive ketones (excluding diaryl/α,β-unsaturated/α-hetero) is 1. The molecule has 0 unspecified atom stereocenters. The molecule has 0 aliphatic rings. The summed E-state index contributed by atoms with van der Waals surface area (Å²) in [7, 11) is 0. The van der Waals surface area contributed by atoms with E-state index in [0.29, 0.717) is 23.5 Å². The number of hydrogen-bond donors (Lipinski definition) is 1. The number of rotatable bonds is 6. The van der Waals surface area contributed by atoms with Gasteiger partial charge in [0.05, 0.1) is 22.6 Å². The van der Waals surface area contributed by atoms with Crippen molar-refractivity contribution in [3.05, 3.63) is 83.2 Å². The maximum Gasteiger partial charge on any atom is 0.292 e. The quantitative estimate of drug-likeness (QED) is 0.527.